The highest BCUT2D eigenvalue weighted by Crippen LogP contribution is 2.14. The molecule has 0 bridgehead atoms. The Balaban J connectivity index is 2.78. The van der Waals surface area contributed by atoms with E-state index in [-0.39, 0.29) is 0 Å². The van der Waals surface area contributed by atoms with Crippen LogP contribution in [0.2, 0.25) is 5.02 Å². The standard InChI is InChI=1S/C8H10ClN2/c1-6(2)5-8-7(9)3-4-10-11-8/h3-4,6H,1,5H2,2H3. The quantitative estimate of drug-likeness (QED) is 0.678. The largest absolute Gasteiger partial charge is 0.159 e. The molecule has 1 rings (SSSR count). The Labute approximate surface area is 71.6 Å². The van der Waals surface area contributed by atoms with Crippen molar-refractivity contribution < 1.29 is 0 Å². The zero-order valence-electron chi connectivity index (χ0n) is 6.42. The zero-order chi connectivity index (χ0) is 8.27. The van der Waals surface area contributed by atoms with Gasteiger partial charge in [0, 0.05) is 0 Å². The molecule has 1 radical (unpaired) electrons. The van der Waals surface area contributed by atoms with Gasteiger partial charge in [-0.05, 0) is 18.4 Å². The Bertz CT molecular complexity index is 235. The fourth-order valence-corrected chi connectivity index (χ4v) is 0.985. The predicted molar refractivity (Wildman–Crippen MR) is 45.3 cm³/mol. The highest BCUT2D eigenvalue weighted by atomic mass is 35.5. The van der Waals surface area contributed by atoms with Gasteiger partial charge in [0.2, 0.25) is 0 Å². The first kappa shape index (κ1) is 8.47. The summed E-state index contributed by atoms with van der Waals surface area (Å²) in [7, 11) is 0. The topological polar surface area (TPSA) is 25.8 Å². The van der Waals surface area contributed by atoms with Crippen LogP contribution in [0.3, 0.4) is 0 Å². The minimum Gasteiger partial charge on any atom is -0.159 e. The third-order valence-electron chi connectivity index (χ3n) is 1.28. The van der Waals surface area contributed by atoms with Crippen molar-refractivity contribution in [3.8, 4) is 0 Å². The fourth-order valence-electron chi connectivity index (χ4n) is 0.814. The molecule has 0 amide bonds. The molecule has 0 aromatic carbocycles. The van der Waals surface area contributed by atoms with Crippen LogP contribution in [0.1, 0.15) is 12.6 Å². The van der Waals surface area contributed by atoms with Crippen LogP contribution in [-0.4, -0.2) is 10.2 Å². The lowest BCUT2D eigenvalue weighted by Crippen LogP contribution is -1.99. The molecule has 1 heterocycles. The van der Waals surface area contributed by atoms with Crippen LogP contribution in [0.4, 0.5) is 0 Å². The molecule has 11 heavy (non-hydrogen) atoms. The smallest absolute Gasteiger partial charge is 0.0819 e. The highest BCUT2D eigenvalue weighted by Gasteiger charge is 2.03. The fraction of sp³-hybridized carbons (Fsp3) is 0.375. The van der Waals surface area contributed by atoms with E-state index in [0.29, 0.717) is 10.9 Å². The van der Waals surface area contributed by atoms with Crippen LogP contribution >= 0.6 is 11.6 Å². The average molecular weight is 170 g/mol. The molecule has 0 N–H and O–H groups in total. The van der Waals surface area contributed by atoms with E-state index in [1.165, 1.54) is 0 Å². The van der Waals surface area contributed by atoms with Crippen molar-refractivity contribution in [1.82, 2.24) is 10.2 Å². The van der Waals surface area contributed by atoms with Crippen molar-refractivity contribution in [1.29, 1.82) is 0 Å². The maximum Gasteiger partial charge on any atom is 0.0819 e. The summed E-state index contributed by atoms with van der Waals surface area (Å²) in [5.74, 6) is 0.323. The summed E-state index contributed by atoms with van der Waals surface area (Å²) in [5, 5.41) is 8.31. The number of hydrogen-bond donors (Lipinski definition) is 0. The molecule has 0 aliphatic rings. The Hall–Kier alpha value is -0.630. The number of rotatable bonds is 2. The third kappa shape index (κ3) is 2.46. The van der Waals surface area contributed by atoms with E-state index in [0.717, 1.165) is 12.1 Å². The Kier molecular flexibility index (Phi) is 2.83. The Morgan fingerprint density at radius 3 is 3.00 bits per heavy atom. The summed E-state index contributed by atoms with van der Waals surface area (Å²) in [6.07, 6.45) is 2.37. The molecule has 2 nitrogen and oxygen atoms in total. The second-order valence-electron chi connectivity index (χ2n) is 2.64. The first-order valence-electron chi connectivity index (χ1n) is 3.49. The average Bonchev–Trinajstić information content (AvgIpc) is 1.93. The van der Waals surface area contributed by atoms with Crippen molar-refractivity contribution >= 4 is 11.6 Å². The Morgan fingerprint density at radius 1 is 1.73 bits per heavy atom. The molecule has 1 unspecified atom stereocenters. The maximum absolute atomic E-state index is 5.84. The second kappa shape index (κ2) is 3.67. The summed E-state index contributed by atoms with van der Waals surface area (Å²) in [4.78, 5) is 0. The van der Waals surface area contributed by atoms with Gasteiger partial charge in [-0.2, -0.15) is 10.2 Å². The molecular formula is C8H10ClN2. The van der Waals surface area contributed by atoms with Crippen molar-refractivity contribution in [3.63, 3.8) is 0 Å². The number of halogens is 1. The van der Waals surface area contributed by atoms with Gasteiger partial charge in [-0.1, -0.05) is 25.4 Å². The Morgan fingerprint density at radius 2 is 2.45 bits per heavy atom. The predicted octanol–water partition coefficient (Wildman–Crippen LogP) is 2.14. The second-order valence-corrected chi connectivity index (χ2v) is 3.04. The summed E-state index contributed by atoms with van der Waals surface area (Å²) in [6.45, 7) is 5.87. The van der Waals surface area contributed by atoms with E-state index in [2.05, 4.69) is 17.1 Å². The molecule has 0 aliphatic heterocycles. The van der Waals surface area contributed by atoms with Gasteiger partial charge in [-0.3, -0.25) is 0 Å². The summed E-state index contributed by atoms with van der Waals surface area (Å²) in [5.41, 5.74) is 0.830. The molecular weight excluding hydrogens is 160 g/mol. The van der Waals surface area contributed by atoms with Gasteiger partial charge in [-0.15, -0.1) is 0 Å². The van der Waals surface area contributed by atoms with Crippen molar-refractivity contribution in [2.45, 2.75) is 13.3 Å². The van der Waals surface area contributed by atoms with Gasteiger partial charge in [-0.25, -0.2) is 0 Å². The first-order chi connectivity index (χ1) is 5.20. The van der Waals surface area contributed by atoms with E-state index in [1.54, 1.807) is 12.3 Å². The van der Waals surface area contributed by atoms with Crippen LogP contribution in [0.5, 0.6) is 0 Å². The molecule has 0 aliphatic carbocycles. The normalized spacial score (nSPS) is 10.5. The number of hydrogen-bond acceptors (Lipinski definition) is 2. The van der Waals surface area contributed by atoms with Crippen LogP contribution < -0.4 is 0 Å². The van der Waals surface area contributed by atoms with Gasteiger partial charge in [0.05, 0.1) is 16.9 Å². The highest BCUT2D eigenvalue weighted by molar-refractivity contribution is 6.31. The van der Waals surface area contributed by atoms with E-state index in [1.807, 2.05) is 6.92 Å². The van der Waals surface area contributed by atoms with Crippen LogP contribution in [0, 0.1) is 12.8 Å². The molecule has 1 aromatic rings. The molecule has 0 saturated carbocycles. The molecule has 3 heteroatoms. The molecule has 59 valence electrons. The summed E-state index contributed by atoms with van der Waals surface area (Å²) < 4.78 is 0. The van der Waals surface area contributed by atoms with Crippen LogP contribution in [-0.2, 0) is 6.42 Å². The molecule has 1 aromatic heterocycles. The molecule has 0 spiro atoms. The van der Waals surface area contributed by atoms with Gasteiger partial charge < -0.3 is 0 Å². The van der Waals surface area contributed by atoms with Gasteiger partial charge in [0.15, 0.2) is 0 Å². The third-order valence-corrected chi connectivity index (χ3v) is 1.63. The molecule has 0 saturated heterocycles. The van der Waals surface area contributed by atoms with Crippen molar-refractivity contribution in [2.24, 2.45) is 5.92 Å². The minimum atomic E-state index is 0.323. The first-order valence-corrected chi connectivity index (χ1v) is 3.87. The van der Waals surface area contributed by atoms with Crippen LogP contribution in [0.15, 0.2) is 12.3 Å². The molecule has 0 fully saturated rings. The summed E-state index contributed by atoms with van der Waals surface area (Å²) >= 11 is 5.84. The lowest BCUT2D eigenvalue weighted by Gasteiger charge is -2.03. The van der Waals surface area contributed by atoms with Gasteiger partial charge >= 0.3 is 0 Å². The minimum absolute atomic E-state index is 0.323. The summed E-state index contributed by atoms with van der Waals surface area (Å²) in [6, 6.07) is 1.74. The lowest BCUT2D eigenvalue weighted by atomic mass is 10.1. The lowest BCUT2D eigenvalue weighted by molar-refractivity contribution is 0.691. The SMILES string of the molecule is [CH2]C(C)Cc1nnccc1Cl. The number of aromatic nitrogens is 2. The van der Waals surface area contributed by atoms with E-state index in [4.69, 9.17) is 11.6 Å². The monoisotopic (exact) mass is 169 g/mol. The van der Waals surface area contributed by atoms with E-state index in [9.17, 15) is 0 Å². The maximum atomic E-state index is 5.84. The van der Waals surface area contributed by atoms with E-state index >= 15 is 0 Å². The number of nitrogens with zero attached hydrogens (tertiary/aromatic N) is 2. The van der Waals surface area contributed by atoms with Crippen molar-refractivity contribution in [2.75, 3.05) is 0 Å². The van der Waals surface area contributed by atoms with Crippen LogP contribution in [0.25, 0.3) is 0 Å². The van der Waals surface area contributed by atoms with Gasteiger partial charge in [0.1, 0.15) is 0 Å². The van der Waals surface area contributed by atoms with Gasteiger partial charge in [0.25, 0.3) is 0 Å². The molecule has 1 atom stereocenters. The van der Waals surface area contributed by atoms with Crippen molar-refractivity contribution in [3.05, 3.63) is 29.9 Å². The van der Waals surface area contributed by atoms with E-state index < -0.39 is 0 Å². The zero-order valence-corrected chi connectivity index (χ0v) is 7.17.